The summed E-state index contributed by atoms with van der Waals surface area (Å²) in [6.45, 7) is 7.60. The van der Waals surface area contributed by atoms with Gasteiger partial charge >= 0.3 is 6.09 Å². The molecule has 0 radical (unpaired) electrons. The van der Waals surface area contributed by atoms with Crippen molar-refractivity contribution in [3.8, 4) is 5.88 Å². The van der Waals surface area contributed by atoms with Crippen LogP contribution in [-0.2, 0) is 35.6 Å². The third-order valence-corrected chi connectivity index (χ3v) is 11.5. The van der Waals surface area contributed by atoms with E-state index in [2.05, 4.69) is 20.3 Å². The Balaban J connectivity index is 1.43. The first-order valence-corrected chi connectivity index (χ1v) is 18.5. The summed E-state index contributed by atoms with van der Waals surface area (Å²) in [5.74, 6) is -1.62. The van der Waals surface area contributed by atoms with E-state index in [4.69, 9.17) is 9.47 Å². The average Bonchev–Trinajstić information content (AvgIpc) is 3.93. The lowest BCUT2D eigenvalue weighted by Crippen LogP contribution is -2.60. The zero-order valence-electron chi connectivity index (χ0n) is 27.9. The van der Waals surface area contributed by atoms with Gasteiger partial charge in [-0.05, 0) is 55.9 Å². The molecule has 1 unspecified atom stereocenters. The number of aromatic nitrogens is 1. The highest BCUT2D eigenvalue weighted by Gasteiger charge is 2.62. The highest BCUT2D eigenvalue weighted by molar-refractivity contribution is 7.91. The molecule has 4 amide bonds. The van der Waals surface area contributed by atoms with Gasteiger partial charge in [-0.15, -0.1) is 0 Å². The molecule has 0 aromatic carbocycles. The van der Waals surface area contributed by atoms with E-state index in [9.17, 15) is 27.6 Å². The maximum atomic E-state index is 14.3. The number of pyridine rings is 1. The molecular weight excluding hydrogens is 626 g/mol. The van der Waals surface area contributed by atoms with E-state index in [1.807, 2.05) is 39.8 Å². The first-order chi connectivity index (χ1) is 22.2. The second kappa shape index (κ2) is 14.0. The highest BCUT2D eigenvalue weighted by Crippen LogP contribution is 2.47. The van der Waals surface area contributed by atoms with Crippen LogP contribution in [0, 0.1) is 11.3 Å². The number of rotatable bonds is 6. The summed E-state index contributed by atoms with van der Waals surface area (Å²) in [6, 6.07) is 1.75. The normalized spacial score (nSPS) is 29.2. The second-order valence-electron chi connectivity index (χ2n) is 14.5. The number of carbonyl (C=O) groups is 4. The van der Waals surface area contributed by atoms with Crippen molar-refractivity contribution in [3.63, 3.8) is 0 Å². The molecule has 1 aromatic heterocycles. The molecule has 1 saturated heterocycles. The fraction of sp³-hybridized carbons (Fsp3) is 0.727. The molecule has 0 spiro atoms. The largest absolute Gasteiger partial charge is 0.472 e. The summed E-state index contributed by atoms with van der Waals surface area (Å²) in [4.78, 5) is 60.5. The summed E-state index contributed by atoms with van der Waals surface area (Å²) >= 11 is 0. The van der Waals surface area contributed by atoms with Gasteiger partial charge in [-0.1, -0.05) is 59.4 Å². The summed E-state index contributed by atoms with van der Waals surface area (Å²) in [5, 5.41) is 5.00. The van der Waals surface area contributed by atoms with Crippen LogP contribution in [0.15, 0.2) is 18.3 Å². The van der Waals surface area contributed by atoms with Crippen molar-refractivity contribution in [3.05, 3.63) is 23.9 Å². The van der Waals surface area contributed by atoms with Gasteiger partial charge in [0, 0.05) is 18.2 Å². The highest BCUT2D eigenvalue weighted by atomic mass is 32.2. The molecule has 2 saturated carbocycles. The minimum Gasteiger partial charge on any atom is -0.472 e. The Hall–Kier alpha value is -3.42. The van der Waals surface area contributed by atoms with Crippen LogP contribution in [-0.4, -0.2) is 84.2 Å². The lowest BCUT2D eigenvalue weighted by atomic mass is 9.85. The summed E-state index contributed by atoms with van der Waals surface area (Å²) < 4.78 is 39.3. The molecule has 5 atom stereocenters. The van der Waals surface area contributed by atoms with Gasteiger partial charge in [-0.3, -0.25) is 19.1 Å². The van der Waals surface area contributed by atoms with Gasteiger partial charge in [0.05, 0.1) is 18.4 Å². The molecule has 2 aliphatic heterocycles. The molecule has 2 bridgehead atoms. The Morgan fingerprint density at radius 3 is 2.53 bits per heavy atom. The lowest BCUT2D eigenvalue weighted by Gasteiger charge is -2.35. The minimum atomic E-state index is -3.83. The molecule has 3 heterocycles. The van der Waals surface area contributed by atoms with E-state index in [0.717, 1.165) is 37.7 Å². The van der Waals surface area contributed by atoms with Gasteiger partial charge < -0.3 is 25.0 Å². The summed E-state index contributed by atoms with van der Waals surface area (Å²) in [5.41, 5.74) is -1.20. The van der Waals surface area contributed by atoms with Gasteiger partial charge in [0.1, 0.15) is 23.7 Å². The Morgan fingerprint density at radius 2 is 1.85 bits per heavy atom. The first-order valence-electron chi connectivity index (χ1n) is 17.0. The van der Waals surface area contributed by atoms with Crippen LogP contribution < -0.4 is 20.1 Å². The van der Waals surface area contributed by atoms with Crippen molar-refractivity contribution < 1.29 is 37.1 Å². The number of ether oxygens (including phenoxy) is 2. The van der Waals surface area contributed by atoms with Gasteiger partial charge in [-0.2, -0.15) is 0 Å². The molecule has 3 fully saturated rings. The van der Waals surface area contributed by atoms with E-state index in [-0.39, 0.29) is 31.9 Å². The molecule has 3 N–H and O–H groups in total. The van der Waals surface area contributed by atoms with Crippen LogP contribution >= 0.6 is 0 Å². The van der Waals surface area contributed by atoms with Crippen LogP contribution in [0.4, 0.5) is 4.79 Å². The van der Waals surface area contributed by atoms with Crippen LogP contribution in [0.5, 0.6) is 5.88 Å². The Kier molecular flexibility index (Phi) is 10.4. The number of sulfonamides is 1. The number of alkyl carbamates (subject to hydrolysis) is 1. The van der Waals surface area contributed by atoms with Crippen LogP contribution in [0.25, 0.3) is 0 Å². The molecule has 1 aromatic rings. The maximum absolute atomic E-state index is 14.3. The fourth-order valence-corrected chi connectivity index (χ4v) is 8.00. The number of carbonyl (C=O) groups excluding carboxylic acids is 4. The minimum absolute atomic E-state index is 0.0443. The van der Waals surface area contributed by atoms with E-state index < -0.39 is 68.2 Å². The Labute approximate surface area is 277 Å². The van der Waals surface area contributed by atoms with Crippen LogP contribution in [0.3, 0.4) is 0 Å². The molecule has 5 rings (SSSR count). The number of amides is 4. The molecule has 13 nitrogen and oxygen atoms in total. The molecule has 14 heteroatoms. The predicted octanol–water partition coefficient (Wildman–Crippen LogP) is 2.97. The Morgan fingerprint density at radius 1 is 1.13 bits per heavy atom. The number of nitrogens with one attached hydrogen (secondary N) is 3. The van der Waals surface area contributed by atoms with E-state index in [0.29, 0.717) is 31.6 Å². The maximum Gasteiger partial charge on any atom is 0.407 e. The molecule has 260 valence electrons. The van der Waals surface area contributed by atoms with Crippen molar-refractivity contribution in [1.29, 1.82) is 0 Å². The van der Waals surface area contributed by atoms with Crippen LogP contribution in [0.2, 0.25) is 0 Å². The molecular formula is C33H49N5O8S. The number of hydrogen-bond acceptors (Lipinski definition) is 9. The van der Waals surface area contributed by atoms with Crippen LogP contribution in [0.1, 0.15) is 97.5 Å². The Bertz CT molecular complexity index is 1460. The van der Waals surface area contributed by atoms with Crippen molar-refractivity contribution in [1.82, 2.24) is 25.2 Å². The number of cyclic esters (lactones) is 1. The number of nitrogens with zero attached hydrogens (tertiary/aromatic N) is 2. The lowest BCUT2D eigenvalue weighted by molar-refractivity contribution is -0.143. The fourth-order valence-electron chi connectivity index (χ4n) is 6.64. The quantitative estimate of drug-likeness (QED) is 0.410. The molecule has 2 aliphatic carbocycles. The van der Waals surface area contributed by atoms with E-state index in [1.165, 1.54) is 4.90 Å². The third-order valence-electron chi connectivity index (χ3n) is 9.72. The molecule has 4 aliphatic rings. The summed E-state index contributed by atoms with van der Waals surface area (Å²) in [6.07, 6.45) is 7.56. The second-order valence-corrected chi connectivity index (χ2v) is 16.5. The smallest absolute Gasteiger partial charge is 0.407 e. The predicted molar refractivity (Wildman–Crippen MR) is 173 cm³/mol. The SMILES string of the molecule is CCC1C[C@]1(NC(=O)[C@@H]1C[C@@H]2CN1C(=O)[C@H](C(C)(C)C)NC(=O)OCCCCCCCc1cccnc1O2)C(=O)NS(=O)(=O)C1CC1. The van der Waals surface area contributed by atoms with Gasteiger partial charge in [-0.25, -0.2) is 18.2 Å². The first kappa shape index (κ1) is 34.9. The number of hydrogen-bond donors (Lipinski definition) is 3. The number of aryl methyl sites for hydroxylation is 1. The van der Waals surface area contributed by atoms with Crippen molar-refractivity contribution >= 4 is 33.8 Å². The van der Waals surface area contributed by atoms with Crippen molar-refractivity contribution in [2.45, 2.75) is 127 Å². The standard InChI is InChI=1S/C33H49N5O8S/c1-5-22-19-33(22,30(41)37-47(43,44)24-14-15-24)36-27(39)25-18-23-20-38(25)29(40)26(32(2,3)4)35-31(42)45-17-10-8-6-7-9-12-21-13-11-16-34-28(21)46-23/h11,13,16,22-26H,5-10,12,14-15,17-20H2,1-4H3,(H,35,42)(H,36,39)(H,37,41)/t22?,23-,25+,26-,33-/m1/s1. The summed E-state index contributed by atoms with van der Waals surface area (Å²) in [7, 11) is -3.83. The number of fused-ring (bicyclic) bond motifs is 3. The monoisotopic (exact) mass is 675 g/mol. The van der Waals surface area contributed by atoms with Gasteiger partial charge in [0.15, 0.2) is 0 Å². The molecule has 47 heavy (non-hydrogen) atoms. The topological polar surface area (TPSA) is 173 Å². The zero-order valence-corrected chi connectivity index (χ0v) is 28.7. The average molecular weight is 676 g/mol. The third kappa shape index (κ3) is 8.18. The van der Waals surface area contributed by atoms with E-state index in [1.54, 1.807) is 6.20 Å². The van der Waals surface area contributed by atoms with Crippen molar-refractivity contribution in [2.75, 3.05) is 13.2 Å². The van der Waals surface area contributed by atoms with Crippen molar-refractivity contribution in [2.24, 2.45) is 11.3 Å². The van der Waals surface area contributed by atoms with E-state index >= 15 is 0 Å². The van der Waals surface area contributed by atoms with Gasteiger partial charge in [0.25, 0.3) is 5.91 Å². The van der Waals surface area contributed by atoms with Gasteiger partial charge in [0.2, 0.25) is 27.7 Å². The zero-order chi connectivity index (χ0) is 34.0.